The number of sulfonamides is 1. The molecule has 1 saturated heterocycles. The van der Waals surface area contributed by atoms with Crippen molar-refractivity contribution in [1.29, 1.82) is 0 Å². The fourth-order valence-corrected chi connectivity index (χ4v) is 5.39. The predicted octanol–water partition coefficient (Wildman–Crippen LogP) is 5.23. The SMILES string of the molecule is O=S(=O)(Nc1ccc(Oc2ncccc2-c2ccnc(N[C@H]3CCCNC3)n2)c(F)c1F)c1cccc(Cl)c1. The number of rotatable bonds is 8. The number of ether oxygens (including phenoxy) is 1. The van der Waals surface area contributed by atoms with E-state index in [1.165, 1.54) is 30.5 Å². The van der Waals surface area contributed by atoms with Crippen LogP contribution in [0.2, 0.25) is 5.02 Å². The van der Waals surface area contributed by atoms with Gasteiger partial charge in [-0.3, -0.25) is 4.72 Å². The van der Waals surface area contributed by atoms with Gasteiger partial charge in [-0.15, -0.1) is 0 Å². The molecule has 0 aliphatic carbocycles. The zero-order valence-corrected chi connectivity index (χ0v) is 21.9. The Bertz CT molecular complexity index is 1600. The molecule has 2 aromatic heterocycles. The molecule has 1 atom stereocenters. The van der Waals surface area contributed by atoms with Gasteiger partial charge in [0.1, 0.15) is 0 Å². The average molecular weight is 573 g/mol. The van der Waals surface area contributed by atoms with Crippen LogP contribution < -0.4 is 20.1 Å². The van der Waals surface area contributed by atoms with Crippen molar-refractivity contribution in [3.8, 4) is 22.9 Å². The minimum absolute atomic E-state index is 0.0213. The number of anilines is 2. The van der Waals surface area contributed by atoms with E-state index >= 15 is 4.39 Å². The van der Waals surface area contributed by atoms with Crippen LogP contribution >= 0.6 is 11.6 Å². The number of nitrogens with one attached hydrogen (secondary N) is 3. The van der Waals surface area contributed by atoms with E-state index in [4.69, 9.17) is 16.3 Å². The molecule has 0 unspecified atom stereocenters. The maximum absolute atomic E-state index is 15.0. The van der Waals surface area contributed by atoms with E-state index in [-0.39, 0.29) is 21.8 Å². The molecule has 0 amide bonds. The van der Waals surface area contributed by atoms with Crippen LogP contribution in [0.25, 0.3) is 11.3 Å². The first-order valence-corrected chi connectivity index (χ1v) is 13.9. The van der Waals surface area contributed by atoms with Crippen LogP contribution in [0.1, 0.15) is 12.8 Å². The number of hydrogen-bond acceptors (Lipinski definition) is 8. The predicted molar refractivity (Wildman–Crippen MR) is 143 cm³/mol. The van der Waals surface area contributed by atoms with Crippen LogP contribution in [0.15, 0.2) is 71.9 Å². The second-order valence-electron chi connectivity index (χ2n) is 8.71. The lowest BCUT2D eigenvalue weighted by molar-refractivity contribution is 0.407. The zero-order valence-electron chi connectivity index (χ0n) is 20.4. The zero-order chi connectivity index (χ0) is 27.4. The van der Waals surface area contributed by atoms with Gasteiger partial charge in [0, 0.05) is 30.0 Å². The standard InChI is InChI=1S/C26H23ClF2N6O3S/c27-16-4-1-6-18(14-16)39(36,37)35-21-8-9-22(24(29)23(21)28)38-25-19(7-3-12-31-25)20-10-13-32-26(34-20)33-17-5-2-11-30-15-17/h1,3-4,6-10,12-14,17,30,35H,2,5,11,15H2,(H,32,33,34)/t17-/m0/s1. The maximum Gasteiger partial charge on any atom is 0.262 e. The second-order valence-corrected chi connectivity index (χ2v) is 10.8. The molecule has 3 N–H and O–H groups in total. The number of aromatic nitrogens is 3. The van der Waals surface area contributed by atoms with E-state index in [0.29, 0.717) is 17.2 Å². The Kier molecular flexibility index (Phi) is 7.87. The first-order valence-electron chi connectivity index (χ1n) is 12.0. The lowest BCUT2D eigenvalue weighted by atomic mass is 10.1. The summed E-state index contributed by atoms with van der Waals surface area (Å²) in [6.07, 6.45) is 5.05. The summed E-state index contributed by atoms with van der Waals surface area (Å²) in [4.78, 5) is 12.8. The van der Waals surface area contributed by atoms with E-state index in [0.717, 1.165) is 38.1 Å². The quantitative estimate of drug-likeness (QED) is 0.263. The summed E-state index contributed by atoms with van der Waals surface area (Å²) in [6.45, 7) is 1.77. The normalized spacial score (nSPS) is 15.5. The van der Waals surface area contributed by atoms with Gasteiger partial charge in [-0.1, -0.05) is 17.7 Å². The number of halogens is 3. The maximum atomic E-state index is 15.0. The van der Waals surface area contributed by atoms with Crippen LogP contribution in [0.5, 0.6) is 11.6 Å². The first-order chi connectivity index (χ1) is 18.8. The van der Waals surface area contributed by atoms with E-state index < -0.39 is 33.1 Å². The largest absolute Gasteiger partial charge is 0.435 e. The summed E-state index contributed by atoms with van der Waals surface area (Å²) < 4.78 is 62.9. The minimum atomic E-state index is -4.22. The van der Waals surface area contributed by atoms with E-state index in [9.17, 15) is 12.8 Å². The topological polar surface area (TPSA) is 118 Å². The van der Waals surface area contributed by atoms with Gasteiger partial charge >= 0.3 is 0 Å². The third-order valence-electron chi connectivity index (χ3n) is 5.94. The first kappa shape index (κ1) is 26.7. The van der Waals surface area contributed by atoms with E-state index in [2.05, 4.69) is 25.6 Å². The summed E-state index contributed by atoms with van der Waals surface area (Å²) in [5, 5.41) is 6.79. The molecule has 3 heterocycles. The van der Waals surface area contributed by atoms with Gasteiger partial charge in [-0.25, -0.2) is 27.8 Å². The lowest BCUT2D eigenvalue weighted by Gasteiger charge is -2.23. The molecule has 5 rings (SSSR count). The Morgan fingerprint density at radius 2 is 1.90 bits per heavy atom. The van der Waals surface area contributed by atoms with Gasteiger partial charge < -0.3 is 15.4 Å². The molecule has 9 nitrogen and oxygen atoms in total. The lowest BCUT2D eigenvalue weighted by Crippen LogP contribution is -2.38. The van der Waals surface area contributed by atoms with Gasteiger partial charge in [0.15, 0.2) is 11.6 Å². The summed E-state index contributed by atoms with van der Waals surface area (Å²) in [5.74, 6) is -2.92. The molecular weight excluding hydrogens is 550 g/mol. The van der Waals surface area contributed by atoms with Crippen molar-refractivity contribution in [2.24, 2.45) is 0 Å². The van der Waals surface area contributed by atoms with Crippen LogP contribution in [0, 0.1) is 11.6 Å². The van der Waals surface area contributed by atoms with Crippen LogP contribution in [0.3, 0.4) is 0 Å². The summed E-state index contributed by atoms with van der Waals surface area (Å²) >= 11 is 5.85. The van der Waals surface area contributed by atoms with E-state index in [1.54, 1.807) is 24.4 Å². The Morgan fingerprint density at radius 1 is 1.03 bits per heavy atom. The Balaban J connectivity index is 1.38. The van der Waals surface area contributed by atoms with Crippen molar-refractivity contribution in [1.82, 2.24) is 20.3 Å². The van der Waals surface area contributed by atoms with Gasteiger partial charge in [-0.2, -0.15) is 4.39 Å². The smallest absolute Gasteiger partial charge is 0.262 e. The van der Waals surface area contributed by atoms with Crippen molar-refractivity contribution >= 4 is 33.3 Å². The van der Waals surface area contributed by atoms with E-state index in [1.807, 2.05) is 4.72 Å². The fraction of sp³-hybridized carbons (Fsp3) is 0.192. The molecule has 39 heavy (non-hydrogen) atoms. The van der Waals surface area contributed by atoms with Gasteiger partial charge in [-0.05, 0) is 67.9 Å². The highest BCUT2D eigenvalue weighted by Crippen LogP contribution is 2.34. The summed E-state index contributed by atoms with van der Waals surface area (Å²) in [6, 6.07) is 12.7. The molecule has 2 aromatic carbocycles. The van der Waals surface area contributed by atoms with Crippen molar-refractivity contribution < 1.29 is 21.9 Å². The highest BCUT2D eigenvalue weighted by atomic mass is 35.5. The van der Waals surface area contributed by atoms with Crippen molar-refractivity contribution in [3.05, 3.63) is 83.6 Å². The minimum Gasteiger partial charge on any atom is -0.435 e. The molecule has 4 aromatic rings. The monoisotopic (exact) mass is 572 g/mol. The number of piperidine rings is 1. The highest BCUT2D eigenvalue weighted by Gasteiger charge is 2.22. The Labute approximate surface area is 228 Å². The van der Waals surface area contributed by atoms with Crippen molar-refractivity contribution in [2.45, 2.75) is 23.8 Å². The number of hydrogen-bond donors (Lipinski definition) is 3. The summed E-state index contributed by atoms with van der Waals surface area (Å²) in [5.41, 5.74) is 0.297. The molecule has 1 fully saturated rings. The number of nitrogens with zero attached hydrogens (tertiary/aromatic N) is 3. The molecule has 0 saturated carbocycles. The average Bonchev–Trinajstić information content (AvgIpc) is 2.94. The van der Waals surface area contributed by atoms with Crippen molar-refractivity contribution in [2.75, 3.05) is 23.1 Å². The third-order valence-corrected chi connectivity index (χ3v) is 7.54. The van der Waals surface area contributed by atoms with Gasteiger partial charge in [0.25, 0.3) is 10.0 Å². The second kappa shape index (κ2) is 11.5. The van der Waals surface area contributed by atoms with Gasteiger partial charge in [0.05, 0.1) is 21.8 Å². The third kappa shape index (κ3) is 6.24. The number of benzene rings is 2. The molecule has 0 spiro atoms. The van der Waals surface area contributed by atoms with Crippen LogP contribution in [-0.4, -0.2) is 42.5 Å². The van der Waals surface area contributed by atoms with Gasteiger partial charge in [0.2, 0.25) is 17.6 Å². The molecule has 1 aliphatic heterocycles. The molecule has 202 valence electrons. The molecule has 0 radical (unpaired) electrons. The van der Waals surface area contributed by atoms with Crippen LogP contribution in [-0.2, 0) is 10.0 Å². The fourth-order valence-electron chi connectivity index (χ4n) is 4.03. The van der Waals surface area contributed by atoms with Crippen LogP contribution in [0.4, 0.5) is 20.4 Å². The molecule has 0 bridgehead atoms. The Hall–Kier alpha value is -3.87. The molecule has 13 heteroatoms. The van der Waals surface area contributed by atoms with Crippen molar-refractivity contribution in [3.63, 3.8) is 0 Å². The highest BCUT2D eigenvalue weighted by molar-refractivity contribution is 7.92. The summed E-state index contributed by atoms with van der Waals surface area (Å²) in [7, 11) is -4.22. The number of pyridine rings is 1. The molecular formula is C26H23ClF2N6O3S. The Morgan fingerprint density at radius 3 is 2.69 bits per heavy atom. The molecule has 1 aliphatic rings.